The Bertz CT molecular complexity index is 736. The molecule has 1 aromatic carbocycles. The van der Waals surface area contributed by atoms with Gasteiger partial charge in [-0.3, -0.25) is 14.5 Å². The van der Waals surface area contributed by atoms with Gasteiger partial charge in [-0.1, -0.05) is 12.1 Å². The van der Waals surface area contributed by atoms with Crippen molar-refractivity contribution >= 4 is 21.8 Å². The minimum Gasteiger partial charge on any atom is -0.464 e. The second kappa shape index (κ2) is 6.62. The normalized spacial score (nSPS) is 23.2. The molecule has 24 heavy (non-hydrogen) atoms. The van der Waals surface area contributed by atoms with Gasteiger partial charge in [-0.05, 0) is 19.1 Å². The van der Waals surface area contributed by atoms with E-state index in [2.05, 4.69) is 0 Å². The highest BCUT2D eigenvalue weighted by atomic mass is 32.2. The van der Waals surface area contributed by atoms with Gasteiger partial charge in [-0.25, -0.2) is 8.42 Å². The first-order valence-corrected chi connectivity index (χ1v) is 9.35. The number of cyclic esters (lactones) is 1. The first-order chi connectivity index (χ1) is 11.4. The van der Waals surface area contributed by atoms with Crippen molar-refractivity contribution in [3.63, 3.8) is 0 Å². The highest BCUT2D eigenvalue weighted by Gasteiger charge is 2.36. The van der Waals surface area contributed by atoms with Gasteiger partial charge in [0.25, 0.3) is 0 Å². The first-order valence-electron chi connectivity index (χ1n) is 7.91. The number of sulfonamides is 1. The molecule has 1 aromatic rings. The Labute approximate surface area is 141 Å². The summed E-state index contributed by atoms with van der Waals surface area (Å²) in [6.07, 6.45) is 0.665. The molecule has 130 valence electrons. The summed E-state index contributed by atoms with van der Waals surface area (Å²) in [4.78, 5) is 25.1. The molecular formula is C16H20N2O5S. The quantitative estimate of drug-likeness (QED) is 0.580. The van der Waals surface area contributed by atoms with E-state index in [0.717, 1.165) is 0 Å². The summed E-state index contributed by atoms with van der Waals surface area (Å²) >= 11 is 0. The summed E-state index contributed by atoms with van der Waals surface area (Å²) in [6, 6.07) is 5.74. The summed E-state index contributed by atoms with van der Waals surface area (Å²) in [5.74, 6) is -0.317. The van der Waals surface area contributed by atoms with E-state index in [1.165, 1.54) is 35.5 Å². The van der Waals surface area contributed by atoms with Crippen LogP contribution in [0, 0.1) is 0 Å². The van der Waals surface area contributed by atoms with Crippen molar-refractivity contribution in [2.45, 2.75) is 24.3 Å². The van der Waals surface area contributed by atoms with Crippen molar-refractivity contribution in [2.75, 3.05) is 32.8 Å². The van der Waals surface area contributed by atoms with Crippen molar-refractivity contribution in [1.29, 1.82) is 0 Å². The van der Waals surface area contributed by atoms with Crippen molar-refractivity contribution in [1.82, 2.24) is 9.21 Å². The number of benzene rings is 1. The minimum atomic E-state index is -3.59. The number of hydrogen-bond donors (Lipinski definition) is 0. The van der Waals surface area contributed by atoms with Gasteiger partial charge < -0.3 is 4.74 Å². The molecule has 2 saturated heterocycles. The second-order valence-corrected chi connectivity index (χ2v) is 7.93. The van der Waals surface area contributed by atoms with Gasteiger partial charge in [0.05, 0.1) is 11.5 Å². The molecule has 0 aromatic heterocycles. The van der Waals surface area contributed by atoms with E-state index < -0.39 is 10.0 Å². The number of Topliss-reactive ketones (excluding diaryl/α,β-unsaturated/α-hetero) is 1. The summed E-state index contributed by atoms with van der Waals surface area (Å²) in [5, 5.41) is 0. The lowest BCUT2D eigenvalue weighted by atomic mass is 10.2. The summed E-state index contributed by atoms with van der Waals surface area (Å²) in [7, 11) is -3.59. The van der Waals surface area contributed by atoms with Crippen LogP contribution in [0.2, 0.25) is 0 Å². The molecule has 0 bridgehead atoms. The van der Waals surface area contributed by atoms with E-state index in [-0.39, 0.29) is 22.7 Å². The van der Waals surface area contributed by atoms with Crippen LogP contribution in [0.15, 0.2) is 29.2 Å². The van der Waals surface area contributed by atoms with Gasteiger partial charge in [0.1, 0.15) is 6.04 Å². The summed E-state index contributed by atoms with van der Waals surface area (Å²) < 4.78 is 31.8. The Balaban J connectivity index is 1.68. The number of rotatable bonds is 4. The molecule has 2 aliphatic heterocycles. The maximum atomic E-state index is 12.7. The average Bonchev–Trinajstić information content (AvgIpc) is 3.01. The number of piperazine rings is 1. The van der Waals surface area contributed by atoms with E-state index in [0.29, 0.717) is 44.8 Å². The van der Waals surface area contributed by atoms with E-state index in [1.807, 2.05) is 4.90 Å². The fraction of sp³-hybridized carbons (Fsp3) is 0.500. The van der Waals surface area contributed by atoms with Crippen molar-refractivity contribution in [3.05, 3.63) is 29.8 Å². The lowest BCUT2D eigenvalue weighted by Gasteiger charge is -2.35. The Kier molecular flexibility index (Phi) is 4.71. The van der Waals surface area contributed by atoms with E-state index >= 15 is 0 Å². The molecule has 1 atom stereocenters. The van der Waals surface area contributed by atoms with Gasteiger partial charge in [0.15, 0.2) is 5.78 Å². The topological polar surface area (TPSA) is 84.0 Å². The predicted octanol–water partition coefficient (Wildman–Crippen LogP) is 0.511. The van der Waals surface area contributed by atoms with Gasteiger partial charge >= 0.3 is 5.97 Å². The highest BCUT2D eigenvalue weighted by Crippen LogP contribution is 2.21. The monoisotopic (exact) mass is 352 g/mol. The largest absolute Gasteiger partial charge is 0.464 e. The zero-order valence-electron chi connectivity index (χ0n) is 13.5. The van der Waals surface area contributed by atoms with Crippen LogP contribution in [-0.2, 0) is 19.6 Å². The third-order valence-corrected chi connectivity index (χ3v) is 6.43. The molecule has 2 aliphatic rings. The number of ketones is 1. The fourth-order valence-electron chi connectivity index (χ4n) is 3.08. The fourth-order valence-corrected chi connectivity index (χ4v) is 4.51. The zero-order chi connectivity index (χ0) is 17.3. The molecule has 0 radical (unpaired) electrons. The van der Waals surface area contributed by atoms with Crippen molar-refractivity contribution < 1.29 is 22.7 Å². The van der Waals surface area contributed by atoms with Crippen molar-refractivity contribution in [2.24, 2.45) is 0 Å². The van der Waals surface area contributed by atoms with Gasteiger partial charge in [0.2, 0.25) is 10.0 Å². The third kappa shape index (κ3) is 3.22. The molecule has 1 unspecified atom stereocenters. The van der Waals surface area contributed by atoms with Crippen LogP contribution in [0.4, 0.5) is 0 Å². The molecule has 0 N–H and O–H groups in total. The van der Waals surface area contributed by atoms with Crippen molar-refractivity contribution in [3.8, 4) is 0 Å². The summed E-state index contributed by atoms with van der Waals surface area (Å²) in [6.45, 7) is 3.55. The molecule has 7 nitrogen and oxygen atoms in total. The predicted molar refractivity (Wildman–Crippen MR) is 86.1 cm³/mol. The number of esters is 1. The molecule has 8 heteroatoms. The Hall–Kier alpha value is -1.77. The smallest absolute Gasteiger partial charge is 0.323 e. The van der Waals surface area contributed by atoms with Crippen LogP contribution in [0.25, 0.3) is 0 Å². The SMILES string of the molecule is CC(=O)c1ccc(S(=O)(=O)N2CCN(C3CCOC3=O)CC2)cc1. The Morgan fingerprint density at radius 3 is 2.25 bits per heavy atom. The molecule has 0 saturated carbocycles. The number of hydrogen-bond acceptors (Lipinski definition) is 6. The highest BCUT2D eigenvalue weighted by molar-refractivity contribution is 7.89. The molecule has 3 rings (SSSR count). The molecule has 0 spiro atoms. The van der Waals surface area contributed by atoms with Crippen LogP contribution in [-0.4, -0.2) is 68.2 Å². The molecule has 0 aliphatic carbocycles. The lowest BCUT2D eigenvalue weighted by Crippen LogP contribution is -2.52. The number of carbonyl (C=O) groups is 2. The Morgan fingerprint density at radius 1 is 1.12 bits per heavy atom. The van der Waals surface area contributed by atoms with Gasteiger partial charge in [-0.2, -0.15) is 4.31 Å². The number of ether oxygens (including phenoxy) is 1. The van der Waals surface area contributed by atoms with Crippen LogP contribution in [0.1, 0.15) is 23.7 Å². The summed E-state index contributed by atoms with van der Waals surface area (Å²) in [5.41, 5.74) is 0.485. The number of carbonyl (C=O) groups excluding carboxylic acids is 2. The van der Waals surface area contributed by atoms with Gasteiger partial charge in [0, 0.05) is 38.2 Å². The van der Waals surface area contributed by atoms with Crippen LogP contribution >= 0.6 is 0 Å². The van der Waals surface area contributed by atoms with Gasteiger partial charge in [-0.15, -0.1) is 0 Å². The molecule has 2 heterocycles. The first kappa shape index (κ1) is 17.1. The maximum absolute atomic E-state index is 12.7. The second-order valence-electron chi connectivity index (χ2n) is 5.99. The minimum absolute atomic E-state index is 0.101. The van der Waals surface area contributed by atoms with E-state index in [1.54, 1.807) is 0 Å². The van der Waals surface area contributed by atoms with Crippen LogP contribution in [0.3, 0.4) is 0 Å². The van der Waals surface area contributed by atoms with Crippen LogP contribution < -0.4 is 0 Å². The Morgan fingerprint density at radius 2 is 1.75 bits per heavy atom. The molecular weight excluding hydrogens is 332 g/mol. The van der Waals surface area contributed by atoms with E-state index in [9.17, 15) is 18.0 Å². The van der Waals surface area contributed by atoms with Crippen LogP contribution in [0.5, 0.6) is 0 Å². The molecule has 2 fully saturated rings. The number of nitrogens with zero attached hydrogens (tertiary/aromatic N) is 2. The van der Waals surface area contributed by atoms with E-state index in [4.69, 9.17) is 4.74 Å². The zero-order valence-corrected chi connectivity index (χ0v) is 14.3. The third-order valence-electron chi connectivity index (χ3n) is 4.52. The maximum Gasteiger partial charge on any atom is 0.323 e. The standard InChI is InChI=1S/C16H20N2O5S/c1-12(19)13-2-4-14(5-3-13)24(21,22)18-9-7-17(8-10-18)15-6-11-23-16(15)20/h2-5,15H,6-11H2,1H3. The average molecular weight is 352 g/mol. The molecule has 0 amide bonds. The lowest BCUT2D eigenvalue weighted by molar-refractivity contribution is -0.142.